The topological polar surface area (TPSA) is 44.8 Å². The van der Waals surface area contributed by atoms with E-state index in [2.05, 4.69) is 15.1 Å². The third-order valence-corrected chi connectivity index (χ3v) is 6.14. The van der Waals surface area contributed by atoms with Gasteiger partial charge in [0.25, 0.3) is 0 Å². The number of benzene rings is 1. The van der Waals surface area contributed by atoms with Crippen molar-refractivity contribution in [2.24, 2.45) is 5.92 Å². The number of nitrogens with one attached hydrogen (secondary N) is 1. The number of piperidine rings is 2. The Hall–Kier alpha value is -1.50. The summed E-state index contributed by atoms with van der Waals surface area (Å²) in [6.45, 7) is 7.78. The number of halogens is 1. The normalized spacial score (nSPS) is 22.3. The molecule has 2 aliphatic heterocycles. The van der Waals surface area contributed by atoms with Crippen molar-refractivity contribution in [3.63, 3.8) is 0 Å². The summed E-state index contributed by atoms with van der Waals surface area (Å²) in [4.78, 5) is 17.3. The molecule has 0 spiro atoms. The number of amides is 1. The summed E-state index contributed by atoms with van der Waals surface area (Å²) in [7, 11) is 1.65. The molecular formula is C22H34FN3O2. The van der Waals surface area contributed by atoms with Gasteiger partial charge in [0.2, 0.25) is 5.91 Å². The van der Waals surface area contributed by atoms with Gasteiger partial charge in [-0.15, -0.1) is 0 Å². The second-order valence-corrected chi connectivity index (χ2v) is 8.21. The zero-order valence-corrected chi connectivity index (χ0v) is 17.3. The molecule has 1 aromatic carbocycles. The summed E-state index contributed by atoms with van der Waals surface area (Å²) in [6.07, 6.45) is 4.30. The molecular weight excluding hydrogens is 357 g/mol. The minimum absolute atomic E-state index is 0.0965. The molecule has 1 amide bonds. The standard InChI is InChI=1S/C22H34FN3O2/c1-17-5-6-18(14-21(17)23)15-25-11-7-20(8-12-25)26-10-3-4-19(16-26)22(27)24-9-13-28-2/h5-6,14,19-20H,3-4,7-13,15-16H2,1-2H3,(H,24,27). The number of nitrogens with zero attached hydrogens (tertiary/aromatic N) is 2. The van der Waals surface area contributed by atoms with Crippen LogP contribution in [0.3, 0.4) is 0 Å². The first-order valence-corrected chi connectivity index (χ1v) is 10.5. The van der Waals surface area contributed by atoms with Gasteiger partial charge in [0.1, 0.15) is 5.82 Å². The second kappa shape index (κ2) is 10.3. The fraction of sp³-hybridized carbons (Fsp3) is 0.682. The van der Waals surface area contributed by atoms with Crippen LogP contribution in [0.4, 0.5) is 4.39 Å². The van der Waals surface area contributed by atoms with Crippen LogP contribution in [0.25, 0.3) is 0 Å². The molecule has 1 aromatic rings. The van der Waals surface area contributed by atoms with E-state index in [0.717, 1.165) is 64.0 Å². The molecule has 2 heterocycles. The van der Waals surface area contributed by atoms with E-state index in [1.165, 1.54) is 0 Å². The highest BCUT2D eigenvalue weighted by molar-refractivity contribution is 5.78. The van der Waals surface area contributed by atoms with Crippen LogP contribution in [0.5, 0.6) is 0 Å². The highest BCUT2D eigenvalue weighted by atomic mass is 19.1. The Bertz CT molecular complexity index is 647. The highest BCUT2D eigenvalue weighted by Gasteiger charge is 2.31. The zero-order valence-electron chi connectivity index (χ0n) is 17.3. The summed E-state index contributed by atoms with van der Waals surface area (Å²) in [6, 6.07) is 6.12. The predicted molar refractivity (Wildman–Crippen MR) is 109 cm³/mol. The summed E-state index contributed by atoms with van der Waals surface area (Å²) in [5, 5.41) is 2.99. The number of carbonyl (C=O) groups excluding carboxylic acids is 1. The number of hydrogen-bond donors (Lipinski definition) is 1. The molecule has 3 rings (SSSR count). The lowest BCUT2D eigenvalue weighted by Crippen LogP contribution is -2.50. The number of likely N-dealkylation sites (tertiary alicyclic amines) is 2. The van der Waals surface area contributed by atoms with Crippen molar-refractivity contribution in [2.75, 3.05) is 46.4 Å². The van der Waals surface area contributed by atoms with Gasteiger partial charge in [0, 0.05) is 32.8 Å². The van der Waals surface area contributed by atoms with Crippen LogP contribution in [-0.4, -0.2) is 68.2 Å². The van der Waals surface area contributed by atoms with Crippen molar-refractivity contribution < 1.29 is 13.9 Å². The van der Waals surface area contributed by atoms with Gasteiger partial charge in [-0.1, -0.05) is 12.1 Å². The Kier molecular flexibility index (Phi) is 7.82. The lowest BCUT2D eigenvalue weighted by molar-refractivity contribution is -0.127. The maximum absolute atomic E-state index is 13.8. The molecule has 2 aliphatic rings. The molecule has 0 aromatic heterocycles. The average Bonchev–Trinajstić information content (AvgIpc) is 2.71. The largest absolute Gasteiger partial charge is 0.383 e. The Morgan fingerprint density at radius 3 is 2.75 bits per heavy atom. The predicted octanol–water partition coefficient (Wildman–Crippen LogP) is 2.57. The van der Waals surface area contributed by atoms with Crippen LogP contribution in [0.15, 0.2) is 18.2 Å². The number of carbonyl (C=O) groups is 1. The summed E-state index contributed by atoms with van der Waals surface area (Å²) < 4.78 is 18.8. The fourth-order valence-electron chi connectivity index (χ4n) is 4.41. The molecule has 1 unspecified atom stereocenters. The maximum Gasteiger partial charge on any atom is 0.224 e. The summed E-state index contributed by atoms with van der Waals surface area (Å²) in [5.74, 6) is 0.148. The summed E-state index contributed by atoms with van der Waals surface area (Å²) in [5.41, 5.74) is 1.75. The van der Waals surface area contributed by atoms with Crippen LogP contribution in [0, 0.1) is 18.7 Å². The van der Waals surface area contributed by atoms with Crippen LogP contribution >= 0.6 is 0 Å². The van der Waals surface area contributed by atoms with E-state index in [1.807, 2.05) is 12.1 Å². The molecule has 156 valence electrons. The van der Waals surface area contributed by atoms with Gasteiger partial charge in [-0.2, -0.15) is 0 Å². The van der Waals surface area contributed by atoms with E-state index in [4.69, 9.17) is 4.74 Å². The number of rotatable bonds is 7. The van der Waals surface area contributed by atoms with Gasteiger partial charge in [-0.05, 0) is 69.4 Å². The minimum Gasteiger partial charge on any atom is -0.383 e. The Morgan fingerprint density at radius 2 is 2.04 bits per heavy atom. The molecule has 1 atom stereocenters. The van der Waals surface area contributed by atoms with Crippen molar-refractivity contribution in [1.82, 2.24) is 15.1 Å². The van der Waals surface area contributed by atoms with E-state index in [1.54, 1.807) is 20.1 Å². The van der Waals surface area contributed by atoms with Crippen molar-refractivity contribution in [1.29, 1.82) is 0 Å². The van der Waals surface area contributed by atoms with Crippen LogP contribution < -0.4 is 5.32 Å². The molecule has 1 N–H and O–H groups in total. The van der Waals surface area contributed by atoms with Crippen molar-refractivity contribution in [2.45, 2.75) is 45.2 Å². The third-order valence-electron chi connectivity index (χ3n) is 6.14. The molecule has 0 aliphatic carbocycles. The monoisotopic (exact) mass is 391 g/mol. The molecule has 0 saturated carbocycles. The Morgan fingerprint density at radius 1 is 1.25 bits per heavy atom. The van der Waals surface area contributed by atoms with Gasteiger partial charge < -0.3 is 10.1 Å². The van der Waals surface area contributed by atoms with E-state index in [-0.39, 0.29) is 17.6 Å². The molecule has 0 radical (unpaired) electrons. The quantitative estimate of drug-likeness (QED) is 0.726. The van der Waals surface area contributed by atoms with Crippen LogP contribution in [-0.2, 0) is 16.1 Å². The Balaban J connectivity index is 1.45. The highest BCUT2D eigenvalue weighted by Crippen LogP contribution is 2.25. The minimum atomic E-state index is -0.115. The van der Waals surface area contributed by atoms with Crippen LogP contribution in [0.2, 0.25) is 0 Å². The van der Waals surface area contributed by atoms with Gasteiger partial charge in [-0.25, -0.2) is 4.39 Å². The summed E-state index contributed by atoms with van der Waals surface area (Å²) >= 11 is 0. The maximum atomic E-state index is 13.8. The van der Waals surface area contributed by atoms with Crippen molar-refractivity contribution >= 4 is 5.91 Å². The van der Waals surface area contributed by atoms with Gasteiger partial charge in [0.05, 0.1) is 12.5 Å². The number of aryl methyl sites for hydroxylation is 1. The number of methoxy groups -OCH3 is 1. The molecule has 0 bridgehead atoms. The van der Waals surface area contributed by atoms with Crippen molar-refractivity contribution in [3.05, 3.63) is 35.1 Å². The average molecular weight is 392 g/mol. The van der Waals surface area contributed by atoms with Gasteiger partial charge in [0.15, 0.2) is 0 Å². The molecule has 5 nitrogen and oxygen atoms in total. The second-order valence-electron chi connectivity index (χ2n) is 8.21. The van der Waals surface area contributed by atoms with Gasteiger partial charge in [-0.3, -0.25) is 14.6 Å². The first-order chi connectivity index (χ1) is 13.6. The Labute approximate surface area is 168 Å². The smallest absolute Gasteiger partial charge is 0.224 e. The lowest BCUT2D eigenvalue weighted by atomic mass is 9.93. The van der Waals surface area contributed by atoms with E-state index < -0.39 is 0 Å². The van der Waals surface area contributed by atoms with Crippen molar-refractivity contribution in [3.8, 4) is 0 Å². The molecule has 6 heteroatoms. The third kappa shape index (κ3) is 5.75. The SMILES string of the molecule is COCCNC(=O)C1CCCN(C2CCN(Cc3ccc(C)c(F)c3)CC2)C1. The van der Waals surface area contributed by atoms with Gasteiger partial charge >= 0.3 is 0 Å². The molecule has 2 fully saturated rings. The van der Waals surface area contributed by atoms with E-state index in [0.29, 0.717) is 24.8 Å². The first-order valence-electron chi connectivity index (χ1n) is 10.5. The first kappa shape index (κ1) is 21.2. The van der Waals surface area contributed by atoms with E-state index >= 15 is 0 Å². The molecule has 2 saturated heterocycles. The fourth-order valence-corrected chi connectivity index (χ4v) is 4.41. The van der Waals surface area contributed by atoms with Crippen LogP contribution in [0.1, 0.15) is 36.8 Å². The van der Waals surface area contributed by atoms with E-state index in [9.17, 15) is 9.18 Å². The zero-order chi connectivity index (χ0) is 19.9. The number of hydrogen-bond acceptors (Lipinski definition) is 4. The number of ether oxygens (including phenoxy) is 1. The molecule has 28 heavy (non-hydrogen) atoms. The lowest BCUT2D eigenvalue weighted by Gasteiger charge is -2.42.